The molecule has 1 aliphatic rings. The number of nitrogens with zero attached hydrogens (tertiary/aromatic N) is 1. The summed E-state index contributed by atoms with van der Waals surface area (Å²) in [6, 6.07) is 0.829. The Kier molecular flexibility index (Phi) is 7.32. The van der Waals surface area contributed by atoms with Crippen LogP contribution in [0.3, 0.4) is 0 Å². The summed E-state index contributed by atoms with van der Waals surface area (Å²) < 4.78 is 5.41. The SMILES string of the molecule is CC(CCC(=O)O)NC1CCC(N(C)C(=O)OC(C)(C)C)CC1. The number of amides is 1. The lowest BCUT2D eigenvalue weighted by Crippen LogP contribution is -2.46. The Morgan fingerprint density at radius 1 is 1.26 bits per heavy atom. The number of carbonyl (C=O) groups is 2. The molecule has 0 aromatic carbocycles. The van der Waals surface area contributed by atoms with Crippen molar-refractivity contribution in [2.45, 2.75) is 89.9 Å². The lowest BCUT2D eigenvalue weighted by molar-refractivity contribution is -0.137. The van der Waals surface area contributed by atoms with Crippen molar-refractivity contribution in [2.24, 2.45) is 0 Å². The quantitative estimate of drug-likeness (QED) is 0.783. The Bertz CT molecular complexity index is 398. The van der Waals surface area contributed by atoms with E-state index in [2.05, 4.69) is 5.32 Å². The molecule has 0 radical (unpaired) electrons. The van der Waals surface area contributed by atoms with Gasteiger partial charge in [0.1, 0.15) is 5.60 Å². The van der Waals surface area contributed by atoms with Crippen molar-refractivity contribution in [2.75, 3.05) is 7.05 Å². The largest absolute Gasteiger partial charge is 0.481 e. The van der Waals surface area contributed by atoms with Gasteiger partial charge in [-0.15, -0.1) is 0 Å². The molecule has 0 spiro atoms. The fourth-order valence-electron chi connectivity index (χ4n) is 2.94. The number of carboxylic acids is 1. The first-order chi connectivity index (χ1) is 10.6. The zero-order valence-corrected chi connectivity index (χ0v) is 15.1. The summed E-state index contributed by atoms with van der Waals surface area (Å²) in [5, 5.41) is 12.2. The molecular formula is C17H32N2O4. The molecule has 1 saturated carbocycles. The first-order valence-electron chi connectivity index (χ1n) is 8.52. The number of carbonyl (C=O) groups excluding carboxylic acids is 1. The summed E-state index contributed by atoms with van der Waals surface area (Å²) in [7, 11) is 1.81. The minimum absolute atomic E-state index is 0.199. The lowest BCUT2D eigenvalue weighted by atomic mass is 9.90. The average molecular weight is 328 g/mol. The Morgan fingerprint density at radius 3 is 2.30 bits per heavy atom. The number of aliphatic carboxylic acids is 1. The normalized spacial score (nSPS) is 23.2. The van der Waals surface area contributed by atoms with Gasteiger partial charge in [-0.25, -0.2) is 4.79 Å². The van der Waals surface area contributed by atoms with Crippen LogP contribution >= 0.6 is 0 Å². The smallest absolute Gasteiger partial charge is 0.410 e. The molecule has 6 heteroatoms. The summed E-state index contributed by atoms with van der Waals surface area (Å²) >= 11 is 0. The van der Waals surface area contributed by atoms with E-state index < -0.39 is 11.6 Å². The fourth-order valence-corrected chi connectivity index (χ4v) is 2.94. The van der Waals surface area contributed by atoms with Crippen molar-refractivity contribution in [1.29, 1.82) is 0 Å². The first kappa shape index (κ1) is 19.7. The highest BCUT2D eigenvalue weighted by Crippen LogP contribution is 2.24. The first-order valence-corrected chi connectivity index (χ1v) is 8.52. The second kappa shape index (κ2) is 8.52. The molecule has 1 fully saturated rings. The molecule has 134 valence electrons. The molecule has 0 saturated heterocycles. The van der Waals surface area contributed by atoms with Gasteiger partial charge in [0.15, 0.2) is 0 Å². The van der Waals surface area contributed by atoms with E-state index in [0.29, 0.717) is 12.5 Å². The molecule has 1 unspecified atom stereocenters. The molecule has 1 amide bonds. The van der Waals surface area contributed by atoms with Gasteiger partial charge in [-0.3, -0.25) is 4.79 Å². The van der Waals surface area contributed by atoms with E-state index in [0.717, 1.165) is 25.7 Å². The Balaban J connectivity index is 2.34. The van der Waals surface area contributed by atoms with Crippen LogP contribution in [-0.2, 0) is 9.53 Å². The Morgan fingerprint density at radius 2 is 1.83 bits per heavy atom. The summed E-state index contributed by atoms with van der Waals surface area (Å²) in [4.78, 5) is 24.4. The predicted molar refractivity (Wildman–Crippen MR) is 89.5 cm³/mol. The average Bonchev–Trinajstić information content (AvgIpc) is 2.43. The monoisotopic (exact) mass is 328 g/mol. The molecule has 0 heterocycles. The summed E-state index contributed by atoms with van der Waals surface area (Å²) in [6.07, 6.45) is 4.46. The predicted octanol–water partition coefficient (Wildman–Crippen LogP) is 3.01. The highest BCUT2D eigenvalue weighted by atomic mass is 16.6. The van der Waals surface area contributed by atoms with E-state index in [9.17, 15) is 9.59 Å². The fraction of sp³-hybridized carbons (Fsp3) is 0.882. The van der Waals surface area contributed by atoms with E-state index >= 15 is 0 Å². The number of nitrogens with one attached hydrogen (secondary N) is 1. The zero-order valence-electron chi connectivity index (χ0n) is 15.1. The topological polar surface area (TPSA) is 78.9 Å². The van der Waals surface area contributed by atoms with Crippen LogP contribution in [-0.4, -0.2) is 52.8 Å². The van der Waals surface area contributed by atoms with Crippen molar-refractivity contribution >= 4 is 12.1 Å². The van der Waals surface area contributed by atoms with Gasteiger partial charge in [-0.2, -0.15) is 0 Å². The Hall–Kier alpha value is -1.30. The molecule has 0 aromatic rings. The number of carboxylic acid groups (broad SMARTS) is 1. The van der Waals surface area contributed by atoms with Crippen LogP contribution in [0.5, 0.6) is 0 Å². The second-order valence-corrected chi connectivity index (χ2v) is 7.60. The second-order valence-electron chi connectivity index (χ2n) is 7.60. The number of ether oxygens (including phenoxy) is 1. The Labute approximate surface area is 139 Å². The van der Waals surface area contributed by atoms with Gasteiger partial charge < -0.3 is 20.1 Å². The van der Waals surface area contributed by atoms with Crippen molar-refractivity contribution in [3.05, 3.63) is 0 Å². The standard InChI is InChI=1S/C17H32N2O4/c1-12(6-11-15(20)21)18-13-7-9-14(10-8-13)19(5)16(22)23-17(2,3)4/h12-14,18H,6-11H2,1-5H3,(H,20,21). The molecule has 23 heavy (non-hydrogen) atoms. The minimum Gasteiger partial charge on any atom is -0.481 e. The molecule has 0 bridgehead atoms. The number of hydrogen-bond acceptors (Lipinski definition) is 4. The molecule has 1 atom stereocenters. The summed E-state index contributed by atoms with van der Waals surface area (Å²) in [5.74, 6) is -0.749. The lowest BCUT2D eigenvalue weighted by Gasteiger charge is -2.36. The molecule has 0 aliphatic heterocycles. The van der Waals surface area contributed by atoms with E-state index in [4.69, 9.17) is 9.84 Å². The molecule has 2 N–H and O–H groups in total. The van der Waals surface area contributed by atoms with Crippen molar-refractivity contribution in [3.8, 4) is 0 Å². The van der Waals surface area contributed by atoms with Gasteiger partial charge in [0.05, 0.1) is 0 Å². The maximum atomic E-state index is 12.1. The number of rotatable bonds is 6. The number of hydrogen-bond donors (Lipinski definition) is 2. The van der Waals surface area contributed by atoms with Crippen molar-refractivity contribution < 1.29 is 19.4 Å². The van der Waals surface area contributed by atoms with Crippen LogP contribution in [0.4, 0.5) is 4.79 Å². The van der Waals surface area contributed by atoms with Crippen LogP contribution in [0.15, 0.2) is 0 Å². The molecule has 6 nitrogen and oxygen atoms in total. The third-order valence-electron chi connectivity index (χ3n) is 4.24. The van der Waals surface area contributed by atoms with Gasteiger partial charge in [-0.1, -0.05) is 0 Å². The van der Waals surface area contributed by atoms with Crippen LogP contribution in [0.25, 0.3) is 0 Å². The third-order valence-corrected chi connectivity index (χ3v) is 4.24. The van der Waals surface area contributed by atoms with E-state index in [1.165, 1.54) is 0 Å². The van der Waals surface area contributed by atoms with E-state index in [1.54, 1.807) is 4.90 Å². The molecule has 1 rings (SSSR count). The summed E-state index contributed by atoms with van der Waals surface area (Å²) in [6.45, 7) is 7.65. The van der Waals surface area contributed by atoms with Gasteiger partial charge >= 0.3 is 12.1 Å². The molecular weight excluding hydrogens is 296 g/mol. The van der Waals surface area contributed by atoms with Gasteiger partial charge in [0.2, 0.25) is 0 Å². The maximum absolute atomic E-state index is 12.1. The maximum Gasteiger partial charge on any atom is 0.410 e. The van der Waals surface area contributed by atoms with Crippen LogP contribution in [0.1, 0.15) is 66.2 Å². The van der Waals surface area contributed by atoms with Gasteiger partial charge in [0, 0.05) is 31.6 Å². The van der Waals surface area contributed by atoms with E-state index in [1.807, 2.05) is 34.7 Å². The minimum atomic E-state index is -0.749. The van der Waals surface area contributed by atoms with Crippen molar-refractivity contribution in [3.63, 3.8) is 0 Å². The van der Waals surface area contributed by atoms with Crippen molar-refractivity contribution in [1.82, 2.24) is 10.2 Å². The van der Waals surface area contributed by atoms with Crippen LogP contribution < -0.4 is 5.32 Å². The van der Waals surface area contributed by atoms with Crippen LogP contribution in [0, 0.1) is 0 Å². The molecule has 0 aromatic heterocycles. The van der Waals surface area contributed by atoms with Gasteiger partial charge in [-0.05, 0) is 59.8 Å². The van der Waals surface area contributed by atoms with Crippen LogP contribution in [0.2, 0.25) is 0 Å². The molecule has 1 aliphatic carbocycles. The highest BCUT2D eigenvalue weighted by Gasteiger charge is 2.29. The van der Waals surface area contributed by atoms with E-state index in [-0.39, 0.29) is 24.6 Å². The highest BCUT2D eigenvalue weighted by molar-refractivity contribution is 5.68. The third kappa shape index (κ3) is 7.68. The van der Waals surface area contributed by atoms with Gasteiger partial charge in [0.25, 0.3) is 0 Å². The summed E-state index contributed by atoms with van der Waals surface area (Å²) in [5.41, 5.74) is -0.469. The zero-order chi connectivity index (χ0) is 17.6.